The summed E-state index contributed by atoms with van der Waals surface area (Å²) in [5.41, 5.74) is 1.90. The van der Waals surface area contributed by atoms with E-state index in [9.17, 15) is 4.79 Å². The lowest BCUT2D eigenvalue weighted by Gasteiger charge is -2.13. The van der Waals surface area contributed by atoms with Crippen molar-refractivity contribution in [3.05, 3.63) is 59.7 Å². The van der Waals surface area contributed by atoms with E-state index in [0.717, 1.165) is 22.6 Å². The predicted molar refractivity (Wildman–Crippen MR) is 91.2 cm³/mol. The van der Waals surface area contributed by atoms with Gasteiger partial charge < -0.3 is 19.5 Å². The van der Waals surface area contributed by atoms with Gasteiger partial charge in [-0.2, -0.15) is 0 Å². The van der Waals surface area contributed by atoms with Crippen molar-refractivity contribution in [1.82, 2.24) is 5.32 Å². The first-order chi connectivity index (χ1) is 11.7. The van der Waals surface area contributed by atoms with Crippen molar-refractivity contribution in [2.24, 2.45) is 0 Å². The average molecular weight is 325 g/mol. The number of benzene rings is 2. The maximum absolute atomic E-state index is 12.1. The van der Waals surface area contributed by atoms with Crippen LogP contribution in [0.15, 0.2) is 48.5 Å². The summed E-state index contributed by atoms with van der Waals surface area (Å²) < 4.78 is 15.8. The van der Waals surface area contributed by atoms with Crippen LogP contribution in [0.4, 0.5) is 0 Å². The van der Waals surface area contributed by atoms with Crippen molar-refractivity contribution in [3.8, 4) is 17.2 Å². The van der Waals surface area contributed by atoms with Crippen molar-refractivity contribution >= 4 is 12.0 Å². The third-order valence-electron chi connectivity index (χ3n) is 3.80. The zero-order valence-corrected chi connectivity index (χ0v) is 13.6. The number of amides is 1. The maximum Gasteiger partial charge on any atom is 0.244 e. The van der Waals surface area contributed by atoms with Crippen LogP contribution in [0, 0.1) is 0 Å². The quantitative estimate of drug-likeness (QED) is 0.857. The molecule has 0 aliphatic carbocycles. The number of methoxy groups -OCH3 is 1. The minimum atomic E-state index is -0.156. The highest BCUT2D eigenvalue weighted by atomic mass is 16.7. The summed E-state index contributed by atoms with van der Waals surface area (Å²) in [5.74, 6) is 2.07. The molecule has 1 amide bonds. The van der Waals surface area contributed by atoms with E-state index < -0.39 is 0 Å². The molecule has 0 bridgehead atoms. The van der Waals surface area contributed by atoms with Gasteiger partial charge in [0.25, 0.3) is 0 Å². The Morgan fingerprint density at radius 1 is 1.17 bits per heavy atom. The fourth-order valence-corrected chi connectivity index (χ4v) is 2.41. The molecule has 0 aromatic heterocycles. The van der Waals surface area contributed by atoms with Gasteiger partial charge in [-0.3, -0.25) is 4.79 Å². The average Bonchev–Trinajstić information content (AvgIpc) is 3.08. The van der Waals surface area contributed by atoms with Crippen LogP contribution in [0.3, 0.4) is 0 Å². The van der Waals surface area contributed by atoms with Gasteiger partial charge in [0.2, 0.25) is 12.7 Å². The molecule has 1 N–H and O–H groups in total. The van der Waals surface area contributed by atoms with E-state index in [4.69, 9.17) is 14.2 Å². The van der Waals surface area contributed by atoms with Crippen LogP contribution in [0.25, 0.3) is 6.08 Å². The molecule has 1 atom stereocenters. The molecule has 1 aliphatic rings. The molecule has 5 heteroatoms. The minimum absolute atomic E-state index is 0.132. The third-order valence-corrected chi connectivity index (χ3v) is 3.80. The second kappa shape index (κ2) is 7.08. The van der Waals surface area contributed by atoms with Gasteiger partial charge >= 0.3 is 0 Å². The Labute approximate surface area is 140 Å². The molecule has 1 unspecified atom stereocenters. The fraction of sp³-hybridized carbons (Fsp3) is 0.211. The van der Waals surface area contributed by atoms with Gasteiger partial charge in [0.1, 0.15) is 5.75 Å². The van der Waals surface area contributed by atoms with Crippen LogP contribution >= 0.6 is 0 Å². The molecule has 1 aliphatic heterocycles. The Kier molecular flexibility index (Phi) is 4.70. The number of hydrogen-bond acceptors (Lipinski definition) is 4. The Morgan fingerprint density at radius 2 is 1.92 bits per heavy atom. The number of rotatable bonds is 5. The summed E-state index contributed by atoms with van der Waals surface area (Å²) in [5, 5.41) is 2.93. The number of carbonyl (C=O) groups is 1. The first kappa shape index (κ1) is 15.9. The van der Waals surface area contributed by atoms with Gasteiger partial charge in [-0.15, -0.1) is 0 Å². The fourth-order valence-electron chi connectivity index (χ4n) is 2.41. The highest BCUT2D eigenvalue weighted by molar-refractivity contribution is 5.92. The van der Waals surface area contributed by atoms with Crippen molar-refractivity contribution in [3.63, 3.8) is 0 Å². The molecule has 5 nitrogen and oxygen atoms in total. The SMILES string of the molecule is COc1ccc(C=CC(=O)NC(C)c2ccc3c(c2)OCO3)cc1. The van der Waals surface area contributed by atoms with Gasteiger partial charge in [0.15, 0.2) is 11.5 Å². The molecule has 2 aromatic carbocycles. The van der Waals surface area contributed by atoms with Gasteiger partial charge in [0, 0.05) is 6.08 Å². The van der Waals surface area contributed by atoms with E-state index in [2.05, 4.69) is 5.32 Å². The second-order valence-electron chi connectivity index (χ2n) is 5.45. The lowest BCUT2D eigenvalue weighted by Crippen LogP contribution is -2.24. The van der Waals surface area contributed by atoms with Crippen LogP contribution < -0.4 is 19.5 Å². The van der Waals surface area contributed by atoms with Crippen LogP contribution in [-0.4, -0.2) is 19.8 Å². The van der Waals surface area contributed by atoms with Crippen LogP contribution in [-0.2, 0) is 4.79 Å². The third kappa shape index (κ3) is 3.68. The second-order valence-corrected chi connectivity index (χ2v) is 5.45. The molecule has 0 radical (unpaired) electrons. The Hall–Kier alpha value is -2.95. The van der Waals surface area contributed by atoms with E-state index in [1.54, 1.807) is 13.2 Å². The molecule has 1 heterocycles. The highest BCUT2D eigenvalue weighted by Crippen LogP contribution is 2.34. The standard InChI is InChI=1S/C19H19NO4/c1-13(15-6-9-17-18(11-15)24-12-23-17)20-19(21)10-5-14-3-7-16(22-2)8-4-14/h3-11,13H,12H2,1-2H3,(H,20,21). The van der Waals surface area contributed by atoms with Crippen LogP contribution in [0.5, 0.6) is 17.2 Å². The summed E-state index contributed by atoms with van der Waals surface area (Å²) in [7, 11) is 1.62. The van der Waals surface area contributed by atoms with Gasteiger partial charge in [-0.1, -0.05) is 18.2 Å². The first-order valence-corrected chi connectivity index (χ1v) is 7.68. The molecule has 124 valence electrons. The zero-order valence-electron chi connectivity index (χ0n) is 13.6. The summed E-state index contributed by atoms with van der Waals surface area (Å²) in [4.78, 5) is 12.1. The molecule has 0 fully saturated rings. The van der Waals surface area contributed by atoms with E-state index in [1.807, 2.05) is 49.4 Å². The Bertz CT molecular complexity index is 752. The normalized spacial score (nSPS) is 13.8. The maximum atomic E-state index is 12.1. The van der Waals surface area contributed by atoms with Crippen LogP contribution in [0.1, 0.15) is 24.1 Å². The van der Waals surface area contributed by atoms with Crippen LogP contribution in [0.2, 0.25) is 0 Å². The van der Waals surface area contributed by atoms with Crippen molar-refractivity contribution < 1.29 is 19.0 Å². The van der Waals surface area contributed by atoms with E-state index >= 15 is 0 Å². The molecular weight excluding hydrogens is 306 g/mol. The monoisotopic (exact) mass is 325 g/mol. The number of nitrogens with one attached hydrogen (secondary N) is 1. The molecule has 0 saturated heterocycles. The van der Waals surface area contributed by atoms with Gasteiger partial charge in [-0.05, 0) is 48.4 Å². The van der Waals surface area contributed by atoms with E-state index in [1.165, 1.54) is 6.08 Å². The molecule has 24 heavy (non-hydrogen) atoms. The van der Waals surface area contributed by atoms with E-state index in [0.29, 0.717) is 5.75 Å². The van der Waals surface area contributed by atoms with Gasteiger partial charge in [0.05, 0.1) is 13.2 Å². The number of carbonyl (C=O) groups excluding carboxylic acids is 1. The minimum Gasteiger partial charge on any atom is -0.497 e. The molecular formula is C19H19NO4. The highest BCUT2D eigenvalue weighted by Gasteiger charge is 2.16. The largest absolute Gasteiger partial charge is 0.497 e. The Morgan fingerprint density at radius 3 is 2.67 bits per heavy atom. The number of hydrogen-bond donors (Lipinski definition) is 1. The summed E-state index contributed by atoms with van der Waals surface area (Å²) in [6.07, 6.45) is 3.28. The predicted octanol–water partition coefficient (Wildman–Crippen LogP) is 3.31. The van der Waals surface area contributed by atoms with Crippen molar-refractivity contribution in [2.45, 2.75) is 13.0 Å². The zero-order chi connectivity index (χ0) is 16.9. The number of ether oxygens (including phenoxy) is 3. The summed E-state index contributed by atoms with van der Waals surface area (Å²) >= 11 is 0. The lowest BCUT2D eigenvalue weighted by molar-refractivity contribution is -0.117. The summed E-state index contributed by atoms with van der Waals surface area (Å²) in [6.45, 7) is 2.17. The van der Waals surface area contributed by atoms with E-state index in [-0.39, 0.29) is 18.7 Å². The van der Waals surface area contributed by atoms with Crippen molar-refractivity contribution in [2.75, 3.05) is 13.9 Å². The molecule has 3 rings (SSSR count). The smallest absolute Gasteiger partial charge is 0.244 e. The van der Waals surface area contributed by atoms with Crippen molar-refractivity contribution in [1.29, 1.82) is 0 Å². The molecule has 0 spiro atoms. The number of fused-ring (bicyclic) bond motifs is 1. The topological polar surface area (TPSA) is 56.8 Å². The molecule has 0 saturated carbocycles. The van der Waals surface area contributed by atoms with Gasteiger partial charge in [-0.25, -0.2) is 0 Å². The lowest BCUT2D eigenvalue weighted by atomic mass is 10.1. The Balaban J connectivity index is 1.60. The first-order valence-electron chi connectivity index (χ1n) is 7.68. The molecule has 2 aromatic rings. The summed E-state index contributed by atoms with van der Waals surface area (Å²) in [6, 6.07) is 13.0.